The second-order valence-electron chi connectivity index (χ2n) is 3.72. The number of nitrogens with one attached hydrogen (secondary N) is 1. The first-order valence-electron chi connectivity index (χ1n) is 4.77. The maximum atomic E-state index is 10.7. The lowest BCUT2D eigenvalue weighted by atomic mass is 10.4. The highest BCUT2D eigenvalue weighted by Gasteiger charge is 2.02. The SMILES string of the molecule is CS(=O)(=O)CCCNCCCS(C)(=O)=O.Cl. The largest absolute Gasteiger partial charge is 0.317 e. The lowest BCUT2D eigenvalue weighted by Gasteiger charge is -2.03. The molecule has 0 saturated carbocycles. The average Bonchev–Trinajstić information content (AvgIpc) is 1.98. The van der Waals surface area contributed by atoms with Crippen LogP contribution in [-0.2, 0) is 19.7 Å². The zero-order valence-electron chi connectivity index (χ0n) is 9.60. The van der Waals surface area contributed by atoms with Crippen LogP contribution in [0, 0.1) is 0 Å². The van der Waals surface area contributed by atoms with Crippen molar-refractivity contribution < 1.29 is 16.8 Å². The van der Waals surface area contributed by atoms with Gasteiger partial charge in [-0.1, -0.05) is 0 Å². The van der Waals surface area contributed by atoms with Crippen LogP contribution in [0.25, 0.3) is 0 Å². The molecule has 0 aliphatic heterocycles. The Hall–Kier alpha value is 0.150. The Morgan fingerprint density at radius 2 is 1.12 bits per heavy atom. The Labute approximate surface area is 104 Å². The summed E-state index contributed by atoms with van der Waals surface area (Å²) in [6, 6.07) is 0. The summed E-state index contributed by atoms with van der Waals surface area (Å²) in [4.78, 5) is 0. The van der Waals surface area contributed by atoms with E-state index in [9.17, 15) is 16.8 Å². The summed E-state index contributed by atoms with van der Waals surface area (Å²) in [5.41, 5.74) is 0. The van der Waals surface area contributed by atoms with E-state index >= 15 is 0 Å². The van der Waals surface area contributed by atoms with Crippen molar-refractivity contribution in [3.8, 4) is 0 Å². The van der Waals surface area contributed by atoms with Gasteiger partial charge in [-0.25, -0.2) is 16.8 Å². The van der Waals surface area contributed by atoms with Gasteiger partial charge in [0.05, 0.1) is 11.5 Å². The summed E-state index contributed by atoms with van der Waals surface area (Å²) < 4.78 is 43.0. The zero-order valence-corrected chi connectivity index (χ0v) is 12.0. The van der Waals surface area contributed by atoms with Crippen LogP contribution >= 0.6 is 12.4 Å². The van der Waals surface area contributed by atoms with Gasteiger partial charge in [-0.3, -0.25) is 0 Å². The van der Waals surface area contributed by atoms with E-state index in [1.54, 1.807) is 0 Å². The highest BCUT2D eigenvalue weighted by molar-refractivity contribution is 7.90. The molecule has 0 saturated heterocycles. The molecular formula is C8H20ClNO4S2. The molecule has 0 atom stereocenters. The minimum atomic E-state index is -2.88. The predicted molar refractivity (Wildman–Crippen MR) is 68.8 cm³/mol. The molecule has 1 N–H and O–H groups in total. The van der Waals surface area contributed by atoms with Crippen molar-refractivity contribution in [2.45, 2.75) is 12.8 Å². The number of rotatable bonds is 8. The normalized spacial score (nSPS) is 12.1. The molecule has 0 aromatic heterocycles. The Bertz CT molecular complexity index is 327. The molecule has 0 unspecified atom stereocenters. The van der Waals surface area contributed by atoms with Gasteiger partial charge in [0.15, 0.2) is 0 Å². The standard InChI is InChI=1S/C8H19NO4S2.ClH/c1-14(10,11)7-3-5-9-6-4-8-15(2,12)13;/h9H,3-8H2,1-2H3;1H. The van der Waals surface area contributed by atoms with Crippen LogP contribution in [0.15, 0.2) is 0 Å². The van der Waals surface area contributed by atoms with Crippen molar-refractivity contribution in [3.63, 3.8) is 0 Å². The van der Waals surface area contributed by atoms with Crippen LogP contribution in [-0.4, -0.2) is 53.9 Å². The predicted octanol–water partition coefficient (Wildman–Crippen LogP) is -0.133. The van der Waals surface area contributed by atoms with Crippen molar-refractivity contribution in [1.29, 1.82) is 0 Å². The number of sulfone groups is 2. The van der Waals surface area contributed by atoms with E-state index in [4.69, 9.17) is 0 Å². The molecule has 0 aromatic rings. The second kappa shape index (κ2) is 8.27. The highest BCUT2D eigenvalue weighted by atomic mass is 35.5. The van der Waals surface area contributed by atoms with Crippen molar-refractivity contribution in [2.75, 3.05) is 37.1 Å². The van der Waals surface area contributed by atoms with E-state index in [1.165, 1.54) is 12.5 Å². The minimum Gasteiger partial charge on any atom is -0.317 e. The Morgan fingerprint density at radius 1 is 0.812 bits per heavy atom. The smallest absolute Gasteiger partial charge is 0.147 e. The van der Waals surface area contributed by atoms with E-state index in [1.807, 2.05) is 0 Å². The topological polar surface area (TPSA) is 80.3 Å². The van der Waals surface area contributed by atoms with Crippen molar-refractivity contribution in [1.82, 2.24) is 5.32 Å². The third-order valence-electron chi connectivity index (χ3n) is 1.74. The zero-order chi connectivity index (χ0) is 11.9. The van der Waals surface area contributed by atoms with Crippen LogP contribution < -0.4 is 5.32 Å². The third kappa shape index (κ3) is 16.6. The molecule has 0 fully saturated rings. The van der Waals surface area contributed by atoms with Gasteiger partial charge in [0, 0.05) is 12.5 Å². The van der Waals surface area contributed by atoms with E-state index < -0.39 is 19.7 Å². The van der Waals surface area contributed by atoms with Gasteiger partial charge >= 0.3 is 0 Å². The van der Waals surface area contributed by atoms with Crippen molar-refractivity contribution in [3.05, 3.63) is 0 Å². The monoisotopic (exact) mass is 293 g/mol. The van der Waals surface area contributed by atoms with E-state index in [-0.39, 0.29) is 23.9 Å². The van der Waals surface area contributed by atoms with E-state index in [0.29, 0.717) is 25.9 Å². The van der Waals surface area contributed by atoms with Gasteiger partial charge in [-0.05, 0) is 25.9 Å². The Morgan fingerprint density at radius 3 is 1.38 bits per heavy atom. The summed E-state index contributed by atoms with van der Waals surface area (Å²) in [5.74, 6) is 0.345. The lowest BCUT2D eigenvalue weighted by molar-refractivity contribution is 0.590. The van der Waals surface area contributed by atoms with Crippen molar-refractivity contribution in [2.24, 2.45) is 0 Å². The average molecular weight is 294 g/mol. The Balaban J connectivity index is 0. The molecule has 0 amide bonds. The van der Waals surface area contributed by atoms with Gasteiger partial charge in [0.25, 0.3) is 0 Å². The summed E-state index contributed by atoms with van der Waals surface area (Å²) in [7, 11) is -5.75. The number of hydrogen-bond donors (Lipinski definition) is 1. The first-order valence-corrected chi connectivity index (χ1v) is 8.89. The highest BCUT2D eigenvalue weighted by Crippen LogP contribution is 1.89. The molecule has 5 nitrogen and oxygen atoms in total. The van der Waals surface area contributed by atoms with Gasteiger partial charge < -0.3 is 5.32 Å². The van der Waals surface area contributed by atoms with Crippen LogP contribution in [0.5, 0.6) is 0 Å². The summed E-state index contributed by atoms with van der Waals surface area (Å²) in [6.45, 7) is 1.22. The molecule has 0 aromatic carbocycles. The molecule has 0 rings (SSSR count). The fourth-order valence-electron chi connectivity index (χ4n) is 1.04. The molecule has 100 valence electrons. The molecule has 0 heterocycles. The Kier molecular flexibility index (Phi) is 9.57. The van der Waals surface area contributed by atoms with E-state index in [2.05, 4.69) is 5.32 Å². The first-order chi connectivity index (χ1) is 6.71. The van der Waals surface area contributed by atoms with Crippen LogP contribution in [0.4, 0.5) is 0 Å². The van der Waals surface area contributed by atoms with Gasteiger partial charge in [-0.2, -0.15) is 0 Å². The molecule has 8 heteroatoms. The fraction of sp³-hybridized carbons (Fsp3) is 1.00. The maximum absolute atomic E-state index is 10.7. The second-order valence-corrected chi connectivity index (χ2v) is 8.24. The summed E-state index contributed by atoms with van der Waals surface area (Å²) in [6.07, 6.45) is 3.54. The lowest BCUT2D eigenvalue weighted by Crippen LogP contribution is -2.21. The van der Waals surface area contributed by atoms with Crippen LogP contribution in [0.3, 0.4) is 0 Å². The van der Waals surface area contributed by atoms with Gasteiger partial charge in [-0.15, -0.1) is 12.4 Å². The molecule has 0 bridgehead atoms. The third-order valence-corrected chi connectivity index (χ3v) is 3.80. The van der Waals surface area contributed by atoms with Crippen LogP contribution in [0.2, 0.25) is 0 Å². The number of halogens is 1. The number of hydrogen-bond acceptors (Lipinski definition) is 5. The van der Waals surface area contributed by atoms with Crippen molar-refractivity contribution >= 4 is 32.1 Å². The summed E-state index contributed by atoms with van der Waals surface area (Å²) >= 11 is 0. The van der Waals surface area contributed by atoms with E-state index in [0.717, 1.165) is 0 Å². The van der Waals surface area contributed by atoms with Crippen LogP contribution in [0.1, 0.15) is 12.8 Å². The van der Waals surface area contributed by atoms with Gasteiger partial charge in [0.2, 0.25) is 0 Å². The quantitative estimate of drug-likeness (QED) is 0.631. The molecule has 0 aliphatic rings. The molecule has 16 heavy (non-hydrogen) atoms. The molecule has 0 radical (unpaired) electrons. The molecule has 0 aliphatic carbocycles. The maximum Gasteiger partial charge on any atom is 0.147 e. The van der Waals surface area contributed by atoms with Gasteiger partial charge in [0.1, 0.15) is 19.7 Å². The summed E-state index contributed by atoms with van der Waals surface area (Å²) in [5, 5.41) is 3.00. The first kappa shape index (κ1) is 18.5. The molecular weight excluding hydrogens is 274 g/mol. The minimum absolute atomic E-state index is 0. The molecule has 0 spiro atoms. The fourth-order valence-corrected chi connectivity index (χ4v) is 2.38.